The van der Waals surface area contributed by atoms with Gasteiger partial charge in [-0.15, -0.1) is 0 Å². The number of aromatic nitrogens is 2. The Hall–Kier alpha value is -1.87. The molecule has 1 aliphatic rings. The van der Waals surface area contributed by atoms with E-state index in [1.165, 1.54) is 35.6 Å². The molecule has 0 bridgehead atoms. The summed E-state index contributed by atoms with van der Waals surface area (Å²) in [5, 5.41) is 13.2. The zero-order valence-corrected chi connectivity index (χ0v) is 12.8. The predicted octanol–water partition coefficient (Wildman–Crippen LogP) is 4.13. The van der Waals surface area contributed by atoms with Crippen molar-refractivity contribution in [3.8, 4) is 0 Å². The van der Waals surface area contributed by atoms with Crippen LogP contribution in [-0.4, -0.2) is 20.8 Å². The van der Waals surface area contributed by atoms with Crippen molar-refractivity contribution < 1.29 is 5.11 Å². The van der Waals surface area contributed by atoms with Crippen LogP contribution in [0.2, 0.25) is 0 Å². The van der Waals surface area contributed by atoms with E-state index in [1.807, 2.05) is 12.4 Å². The third kappa shape index (κ3) is 2.30. The molecule has 1 atom stereocenters. The summed E-state index contributed by atoms with van der Waals surface area (Å²) in [6.45, 7) is 0.667. The van der Waals surface area contributed by atoms with Crippen molar-refractivity contribution in [2.45, 2.75) is 44.8 Å². The van der Waals surface area contributed by atoms with Crippen molar-refractivity contribution in [1.29, 1.82) is 0 Å². The van der Waals surface area contributed by atoms with E-state index in [4.69, 9.17) is 0 Å². The molecule has 0 radical (unpaired) electrons. The fourth-order valence-electron chi connectivity index (χ4n) is 3.95. The lowest BCUT2D eigenvalue weighted by Crippen LogP contribution is -2.27. The minimum absolute atomic E-state index is 0.264. The number of pyridine rings is 1. The molecule has 4 rings (SSSR count). The van der Waals surface area contributed by atoms with E-state index >= 15 is 0 Å². The largest absolute Gasteiger partial charge is 0.391 e. The molecule has 1 fully saturated rings. The van der Waals surface area contributed by atoms with Gasteiger partial charge in [-0.1, -0.05) is 37.5 Å². The number of benzene rings is 1. The topological polar surface area (TPSA) is 38.0 Å². The molecule has 3 aromatic rings. The van der Waals surface area contributed by atoms with Gasteiger partial charge in [-0.2, -0.15) is 0 Å². The molecule has 1 N–H and O–H groups in total. The van der Waals surface area contributed by atoms with Gasteiger partial charge in [-0.3, -0.25) is 4.98 Å². The highest BCUT2D eigenvalue weighted by Gasteiger charge is 2.23. The summed E-state index contributed by atoms with van der Waals surface area (Å²) in [6.07, 6.45) is 9.67. The lowest BCUT2D eigenvalue weighted by atomic mass is 9.85. The number of hydrogen-bond acceptors (Lipinski definition) is 2. The predicted molar refractivity (Wildman–Crippen MR) is 89.8 cm³/mol. The van der Waals surface area contributed by atoms with Crippen LogP contribution in [0.4, 0.5) is 0 Å². The van der Waals surface area contributed by atoms with Gasteiger partial charge in [0.25, 0.3) is 0 Å². The number of nitrogens with zero attached hydrogens (tertiary/aromatic N) is 2. The molecule has 1 aliphatic carbocycles. The molecule has 1 saturated carbocycles. The number of aliphatic hydroxyl groups excluding tert-OH is 1. The highest BCUT2D eigenvalue weighted by molar-refractivity contribution is 6.07. The van der Waals surface area contributed by atoms with Crippen LogP contribution in [0.15, 0.2) is 42.7 Å². The first-order valence-electron chi connectivity index (χ1n) is 8.33. The van der Waals surface area contributed by atoms with Crippen molar-refractivity contribution in [2.75, 3.05) is 0 Å². The molecule has 3 heteroatoms. The van der Waals surface area contributed by atoms with Crippen LogP contribution in [0.3, 0.4) is 0 Å². The first-order valence-corrected chi connectivity index (χ1v) is 8.33. The second-order valence-corrected chi connectivity index (χ2v) is 6.49. The van der Waals surface area contributed by atoms with Gasteiger partial charge >= 0.3 is 0 Å². The van der Waals surface area contributed by atoms with Crippen LogP contribution in [0, 0.1) is 5.92 Å². The third-order valence-electron chi connectivity index (χ3n) is 5.14. The van der Waals surface area contributed by atoms with Crippen molar-refractivity contribution in [2.24, 2.45) is 5.92 Å². The Morgan fingerprint density at radius 1 is 1.05 bits per heavy atom. The van der Waals surface area contributed by atoms with Crippen LogP contribution >= 0.6 is 0 Å². The second kappa shape index (κ2) is 5.73. The maximum atomic E-state index is 10.7. The molecule has 2 aromatic heterocycles. The summed E-state index contributed by atoms with van der Waals surface area (Å²) >= 11 is 0. The fourth-order valence-corrected chi connectivity index (χ4v) is 3.95. The minimum Gasteiger partial charge on any atom is -0.391 e. The van der Waals surface area contributed by atoms with Crippen LogP contribution in [0.1, 0.15) is 32.1 Å². The minimum atomic E-state index is -0.264. The number of fused-ring (bicyclic) bond motifs is 3. The standard InChI is InChI=1S/C19H22N2O/c22-19(14-6-2-1-3-7-14)13-21-17-9-5-4-8-15(17)16-10-11-20-12-18(16)21/h4-5,8-12,14,19,22H,1-3,6-7,13H2/t19-/m0/s1. The average molecular weight is 294 g/mol. The summed E-state index contributed by atoms with van der Waals surface area (Å²) in [4.78, 5) is 4.29. The van der Waals surface area contributed by atoms with Gasteiger partial charge in [-0.05, 0) is 30.9 Å². The van der Waals surface area contributed by atoms with E-state index in [1.54, 1.807) is 0 Å². The first-order chi connectivity index (χ1) is 10.8. The molecule has 0 spiro atoms. The summed E-state index contributed by atoms with van der Waals surface area (Å²) in [5.74, 6) is 0.446. The van der Waals surface area contributed by atoms with Gasteiger partial charge in [0.2, 0.25) is 0 Å². The molecule has 1 aromatic carbocycles. The molecule has 0 aliphatic heterocycles. The summed E-state index contributed by atoms with van der Waals surface area (Å²) in [7, 11) is 0. The van der Waals surface area contributed by atoms with Crippen molar-refractivity contribution in [1.82, 2.24) is 9.55 Å². The van der Waals surface area contributed by atoms with Gasteiger partial charge in [0.1, 0.15) is 0 Å². The monoisotopic (exact) mass is 294 g/mol. The van der Waals surface area contributed by atoms with E-state index < -0.39 is 0 Å². The molecular weight excluding hydrogens is 272 g/mol. The highest BCUT2D eigenvalue weighted by Crippen LogP contribution is 2.31. The van der Waals surface area contributed by atoms with Gasteiger partial charge in [0, 0.05) is 29.0 Å². The van der Waals surface area contributed by atoms with Crippen LogP contribution < -0.4 is 0 Å². The van der Waals surface area contributed by atoms with Gasteiger partial charge in [-0.25, -0.2) is 0 Å². The van der Waals surface area contributed by atoms with E-state index in [2.05, 4.69) is 39.9 Å². The van der Waals surface area contributed by atoms with Gasteiger partial charge in [0.05, 0.1) is 17.8 Å². The normalized spacial score (nSPS) is 18.0. The Balaban J connectivity index is 1.76. The van der Waals surface area contributed by atoms with E-state index in [9.17, 15) is 5.11 Å². The van der Waals surface area contributed by atoms with Gasteiger partial charge in [0.15, 0.2) is 0 Å². The Labute approximate surface area is 130 Å². The number of aliphatic hydroxyl groups is 1. The first kappa shape index (κ1) is 13.8. The fraction of sp³-hybridized carbons (Fsp3) is 0.421. The average Bonchev–Trinajstić information content (AvgIpc) is 2.90. The zero-order chi connectivity index (χ0) is 14.9. The van der Waals surface area contributed by atoms with E-state index in [-0.39, 0.29) is 6.10 Å². The number of rotatable bonds is 3. The van der Waals surface area contributed by atoms with Crippen LogP contribution in [0.25, 0.3) is 21.8 Å². The van der Waals surface area contributed by atoms with Crippen molar-refractivity contribution in [3.05, 3.63) is 42.7 Å². The smallest absolute Gasteiger partial charge is 0.0747 e. The van der Waals surface area contributed by atoms with Gasteiger partial charge < -0.3 is 9.67 Å². The molecule has 114 valence electrons. The van der Waals surface area contributed by atoms with Crippen molar-refractivity contribution >= 4 is 21.8 Å². The molecule has 0 unspecified atom stereocenters. The molecule has 3 nitrogen and oxygen atoms in total. The summed E-state index contributed by atoms with van der Waals surface area (Å²) in [5.41, 5.74) is 2.32. The Kier molecular flexibility index (Phi) is 3.59. The second-order valence-electron chi connectivity index (χ2n) is 6.49. The molecule has 22 heavy (non-hydrogen) atoms. The Bertz CT molecular complexity index is 733. The van der Waals surface area contributed by atoms with Crippen molar-refractivity contribution in [3.63, 3.8) is 0 Å². The van der Waals surface area contributed by atoms with Crippen LogP contribution in [0.5, 0.6) is 0 Å². The van der Waals surface area contributed by atoms with E-state index in [0.717, 1.165) is 18.4 Å². The summed E-state index contributed by atoms with van der Waals surface area (Å²) in [6, 6.07) is 10.5. The number of para-hydroxylation sites is 1. The molecular formula is C19H22N2O. The van der Waals surface area contributed by atoms with Crippen LogP contribution in [-0.2, 0) is 6.54 Å². The maximum absolute atomic E-state index is 10.7. The molecule has 0 saturated heterocycles. The quantitative estimate of drug-likeness (QED) is 0.788. The molecule has 2 heterocycles. The van der Waals surface area contributed by atoms with E-state index in [0.29, 0.717) is 12.5 Å². The Morgan fingerprint density at radius 3 is 2.68 bits per heavy atom. The third-order valence-corrected chi connectivity index (χ3v) is 5.14. The zero-order valence-electron chi connectivity index (χ0n) is 12.8. The lowest BCUT2D eigenvalue weighted by molar-refractivity contribution is 0.0716. The molecule has 0 amide bonds. The number of hydrogen-bond donors (Lipinski definition) is 1. The lowest BCUT2D eigenvalue weighted by Gasteiger charge is -2.27. The highest BCUT2D eigenvalue weighted by atomic mass is 16.3. The Morgan fingerprint density at radius 2 is 1.82 bits per heavy atom. The maximum Gasteiger partial charge on any atom is 0.0747 e. The summed E-state index contributed by atoms with van der Waals surface area (Å²) < 4.78 is 2.25. The SMILES string of the molecule is O[C@@H](Cn1c2ccccc2c2ccncc21)C1CCCCC1.